The van der Waals surface area contributed by atoms with Crippen molar-refractivity contribution in [3.8, 4) is 11.5 Å². The normalized spacial score (nSPS) is 10.6. The lowest BCUT2D eigenvalue weighted by molar-refractivity contribution is 0.299. The Balaban J connectivity index is 1.74. The van der Waals surface area contributed by atoms with Gasteiger partial charge in [0.05, 0.1) is 0 Å². The molecule has 3 nitrogen and oxygen atoms in total. The summed E-state index contributed by atoms with van der Waals surface area (Å²) in [6.07, 6.45) is 0. The number of hydrogen-bond donors (Lipinski definition) is 1. The Morgan fingerprint density at radius 1 is 0.857 bits per heavy atom. The van der Waals surface area contributed by atoms with E-state index in [4.69, 9.17) is 9.47 Å². The molecular formula is C18H23NO2. The van der Waals surface area contributed by atoms with Crippen LogP contribution in [0.2, 0.25) is 0 Å². The molecule has 2 aromatic carbocycles. The molecule has 2 rings (SSSR count). The molecule has 0 heterocycles. The van der Waals surface area contributed by atoms with Crippen molar-refractivity contribution in [1.82, 2.24) is 5.32 Å². The first-order valence-electron chi connectivity index (χ1n) is 7.37. The van der Waals surface area contributed by atoms with E-state index in [0.29, 0.717) is 19.3 Å². The average Bonchev–Trinajstić information content (AvgIpc) is 2.51. The van der Waals surface area contributed by atoms with Gasteiger partial charge in [0, 0.05) is 12.6 Å². The maximum absolute atomic E-state index is 5.74. The lowest BCUT2D eigenvalue weighted by atomic mass is 10.2. The van der Waals surface area contributed by atoms with Crippen LogP contribution >= 0.6 is 0 Å². The minimum Gasteiger partial charge on any atom is -0.492 e. The quantitative estimate of drug-likeness (QED) is 0.751. The van der Waals surface area contributed by atoms with E-state index in [-0.39, 0.29) is 0 Å². The molecule has 0 aromatic heterocycles. The van der Waals surface area contributed by atoms with Gasteiger partial charge < -0.3 is 14.8 Å². The van der Waals surface area contributed by atoms with E-state index in [0.717, 1.165) is 23.6 Å². The summed E-state index contributed by atoms with van der Waals surface area (Å²) in [6, 6.07) is 18.4. The van der Waals surface area contributed by atoms with Gasteiger partial charge in [-0.2, -0.15) is 0 Å². The molecule has 0 radical (unpaired) electrons. The van der Waals surface area contributed by atoms with Crippen molar-refractivity contribution in [3.05, 3.63) is 60.2 Å². The zero-order chi connectivity index (χ0) is 14.9. The van der Waals surface area contributed by atoms with Gasteiger partial charge in [0.1, 0.15) is 24.7 Å². The van der Waals surface area contributed by atoms with Crippen molar-refractivity contribution in [2.45, 2.75) is 26.5 Å². The molecule has 1 N–H and O–H groups in total. The van der Waals surface area contributed by atoms with E-state index in [1.807, 2.05) is 42.5 Å². The zero-order valence-corrected chi connectivity index (χ0v) is 12.7. The standard InChI is InChI=1S/C18H23NO2/c1-15(2)19-12-13-20-17-8-10-18(11-9-17)21-14-16-6-4-3-5-7-16/h3-11,15,19H,12-14H2,1-2H3. The summed E-state index contributed by atoms with van der Waals surface area (Å²) in [6.45, 7) is 6.35. The lowest BCUT2D eigenvalue weighted by Crippen LogP contribution is -2.27. The van der Waals surface area contributed by atoms with Crippen molar-refractivity contribution in [3.63, 3.8) is 0 Å². The number of rotatable bonds is 8. The molecule has 0 fully saturated rings. The summed E-state index contributed by atoms with van der Waals surface area (Å²) in [5, 5.41) is 3.32. The SMILES string of the molecule is CC(C)NCCOc1ccc(OCc2ccccc2)cc1. The van der Waals surface area contributed by atoms with Gasteiger partial charge in [-0.1, -0.05) is 44.2 Å². The maximum atomic E-state index is 5.74. The van der Waals surface area contributed by atoms with E-state index in [9.17, 15) is 0 Å². The highest BCUT2D eigenvalue weighted by molar-refractivity contribution is 5.31. The largest absolute Gasteiger partial charge is 0.492 e. The predicted molar refractivity (Wildman–Crippen MR) is 85.8 cm³/mol. The number of benzene rings is 2. The summed E-state index contributed by atoms with van der Waals surface area (Å²) in [4.78, 5) is 0. The van der Waals surface area contributed by atoms with Crippen LogP contribution in [0.1, 0.15) is 19.4 Å². The molecule has 3 heteroatoms. The van der Waals surface area contributed by atoms with Crippen molar-refractivity contribution in [1.29, 1.82) is 0 Å². The molecule has 0 spiro atoms. The average molecular weight is 285 g/mol. The molecule has 0 aliphatic rings. The number of nitrogens with one attached hydrogen (secondary N) is 1. The van der Waals surface area contributed by atoms with Gasteiger partial charge in [0.25, 0.3) is 0 Å². The Bertz CT molecular complexity index is 509. The van der Waals surface area contributed by atoms with Crippen molar-refractivity contribution >= 4 is 0 Å². The minimum absolute atomic E-state index is 0.488. The Hall–Kier alpha value is -2.00. The van der Waals surface area contributed by atoms with E-state index in [2.05, 4.69) is 31.3 Å². The van der Waals surface area contributed by atoms with Crippen LogP contribution in [0, 0.1) is 0 Å². The van der Waals surface area contributed by atoms with E-state index in [1.165, 1.54) is 0 Å². The van der Waals surface area contributed by atoms with Gasteiger partial charge in [-0.15, -0.1) is 0 Å². The van der Waals surface area contributed by atoms with Crippen LogP contribution in [0.25, 0.3) is 0 Å². The molecule has 2 aromatic rings. The van der Waals surface area contributed by atoms with E-state index < -0.39 is 0 Å². The van der Waals surface area contributed by atoms with Crippen LogP contribution in [0.3, 0.4) is 0 Å². The van der Waals surface area contributed by atoms with Gasteiger partial charge in [-0.25, -0.2) is 0 Å². The second kappa shape index (κ2) is 8.32. The molecule has 112 valence electrons. The Labute approximate surface area is 126 Å². The highest BCUT2D eigenvalue weighted by Gasteiger charge is 1.98. The summed E-state index contributed by atoms with van der Waals surface area (Å²) in [5.41, 5.74) is 1.16. The van der Waals surface area contributed by atoms with Crippen LogP contribution < -0.4 is 14.8 Å². The second-order valence-electron chi connectivity index (χ2n) is 5.20. The summed E-state index contributed by atoms with van der Waals surface area (Å²) < 4.78 is 11.4. The molecule has 0 unspecified atom stereocenters. The maximum Gasteiger partial charge on any atom is 0.120 e. The summed E-state index contributed by atoms with van der Waals surface area (Å²) >= 11 is 0. The molecular weight excluding hydrogens is 262 g/mol. The van der Waals surface area contributed by atoms with Crippen molar-refractivity contribution < 1.29 is 9.47 Å². The van der Waals surface area contributed by atoms with Gasteiger partial charge in [0.15, 0.2) is 0 Å². The van der Waals surface area contributed by atoms with Crippen molar-refractivity contribution in [2.24, 2.45) is 0 Å². The smallest absolute Gasteiger partial charge is 0.120 e. The topological polar surface area (TPSA) is 30.5 Å². The minimum atomic E-state index is 0.488. The fourth-order valence-corrected chi connectivity index (χ4v) is 1.89. The van der Waals surface area contributed by atoms with Gasteiger partial charge >= 0.3 is 0 Å². The highest BCUT2D eigenvalue weighted by Crippen LogP contribution is 2.18. The fourth-order valence-electron chi connectivity index (χ4n) is 1.89. The highest BCUT2D eigenvalue weighted by atomic mass is 16.5. The van der Waals surface area contributed by atoms with Gasteiger partial charge in [0.2, 0.25) is 0 Å². The first-order valence-corrected chi connectivity index (χ1v) is 7.37. The monoisotopic (exact) mass is 285 g/mol. The molecule has 0 bridgehead atoms. The molecule has 21 heavy (non-hydrogen) atoms. The van der Waals surface area contributed by atoms with E-state index >= 15 is 0 Å². The molecule has 0 amide bonds. The fraction of sp³-hybridized carbons (Fsp3) is 0.333. The third kappa shape index (κ3) is 5.88. The Kier molecular flexibility index (Phi) is 6.10. The van der Waals surface area contributed by atoms with Crippen LogP contribution in [0.5, 0.6) is 11.5 Å². The summed E-state index contributed by atoms with van der Waals surface area (Å²) in [7, 11) is 0. The van der Waals surface area contributed by atoms with Gasteiger partial charge in [-0.3, -0.25) is 0 Å². The third-order valence-electron chi connectivity index (χ3n) is 3.00. The number of hydrogen-bond acceptors (Lipinski definition) is 3. The van der Waals surface area contributed by atoms with E-state index in [1.54, 1.807) is 0 Å². The van der Waals surface area contributed by atoms with Crippen LogP contribution in [-0.2, 0) is 6.61 Å². The predicted octanol–water partition coefficient (Wildman–Crippen LogP) is 3.64. The molecule has 0 aliphatic carbocycles. The second-order valence-corrected chi connectivity index (χ2v) is 5.20. The molecule has 0 saturated carbocycles. The van der Waals surface area contributed by atoms with Crippen LogP contribution in [-0.4, -0.2) is 19.2 Å². The van der Waals surface area contributed by atoms with Crippen LogP contribution in [0.4, 0.5) is 0 Å². The van der Waals surface area contributed by atoms with Crippen LogP contribution in [0.15, 0.2) is 54.6 Å². The molecule has 0 saturated heterocycles. The molecule has 0 aliphatic heterocycles. The lowest BCUT2D eigenvalue weighted by Gasteiger charge is -2.10. The number of ether oxygens (including phenoxy) is 2. The van der Waals surface area contributed by atoms with Crippen molar-refractivity contribution in [2.75, 3.05) is 13.2 Å². The Morgan fingerprint density at radius 2 is 1.48 bits per heavy atom. The first kappa shape index (κ1) is 15.4. The first-order chi connectivity index (χ1) is 10.2. The third-order valence-corrected chi connectivity index (χ3v) is 3.00. The Morgan fingerprint density at radius 3 is 2.10 bits per heavy atom. The summed E-state index contributed by atoms with van der Waals surface area (Å²) in [5.74, 6) is 1.72. The molecule has 0 atom stereocenters. The zero-order valence-electron chi connectivity index (χ0n) is 12.7. The van der Waals surface area contributed by atoms with Gasteiger partial charge in [-0.05, 0) is 29.8 Å².